The maximum absolute atomic E-state index is 12.5. The van der Waals surface area contributed by atoms with Crippen molar-refractivity contribution in [1.29, 1.82) is 0 Å². The van der Waals surface area contributed by atoms with E-state index in [1.54, 1.807) is 0 Å². The molecule has 0 aromatic heterocycles. The van der Waals surface area contributed by atoms with Crippen molar-refractivity contribution in [3.05, 3.63) is 0 Å². The quantitative estimate of drug-likeness (QED) is 0.235. The number of carbonyl (C=O) groups is 2. The summed E-state index contributed by atoms with van der Waals surface area (Å²) in [7, 11) is 0. The molecule has 1 aliphatic carbocycles. The molecule has 0 N–H and O–H groups in total. The van der Waals surface area contributed by atoms with Crippen LogP contribution in [-0.4, -0.2) is 25.2 Å². The summed E-state index contributed by atoms with van der Waals surface area (Å²) in [6.45, 7) is 7.66. The van der Waals surface area contributed by atoms with E-state index in [-0.39, 0.29) is 23.8 Å². The molecule has 1 saturated carbocycles. The molecule has 0 aliphatic heterocycles. The Balaban J connectivity index is 2.22. The van der Waals surface area contributed by atoms with E-state index in [4.69, 9.17) is 9.47 Å². The molecule has 0 aromatic carbocycles. The van der Waals surface area contributed by atoms with Gasteiger partial charge in [-0.25, -0.2) is 0 Å². The van der Waals surface area contributed by atoms with Gasteiger partial charge in [0.15, 0.2) is 0 Å². The van der Waals surface area contributed by atoms with Crippen molar-refractivity contribution >= 4 is 11.9 Å². The van der Waals surface area contributed by atoms with E-state index in [0.717, 1.165) is 57.3 Å². The summed E-state index contributed by atoms with van der Waals surface area (Å²) in [5.41, 5.74) is 0. The fraction of sp³-hybridized carbons (Fsp3) is 0.917. The molecule has 2 atom stereocenters. The summed E-state index contributed by atoms with van der Waals surface area (Å²) in [4.78, 5) is 24.9. The maximum Gasteiger partial charge on any atom is 0.309 e. The van der Waals surface area contributed by atoms with E-state index in [2.05, 4.69) is 20.8 Å². The largest absolute Gasteiger partial charge is 0.465 e. The number of hydrogen-bond donors (Lipinski definition) is 0. The van der Waals surface area contributed by atoms with Crippen LogP contribution < -0.4 is 0 Å². The lowest BCUT2D eigenvalue weighted by atomic mass is 9.79. The van der Waals surface area contributed by atoms with Gasteiger partial charge in [-0.2, -0.15) is 0 Å². The Labute approximate surface area is 173 Å². The topological polar surface area (TPSA) is 52.6 Å². The Morgan fingerprint density at radius 3 is 1.71 bits per heavy atom. The van der Waals surface area contributed by atoms with Crippen LogP contribution in [0.2, 0.25) is 0 Å². The second-order valence-corrected chi connectivity index (χ2v) is 8.84. The van der Waals surface area contributed by atoms with Gasteiger partial charge in [0.05, 0.1) is 25.0 Å². The van der Waals surface area contributed by atoms with Crippen LogP contribution in [0.25, 0.3) is 0 Å². The molecular formula is C24H44O4. The van der Waals surface area contributed by atoms with Crippen molar-refractivity contribution in [1.82, 2.24) is 0 Å². The van der Waals surface area contributed by atoms with Gasteiger partial charge in [-0.1, -0.05) is 85.0 Å². The molecule has 0 bridgehead atoms. The van der Waals surface area contributed by atoms with Crippen LogP contribution >= 0.6 is 0 Å². The zero-order chi connectivity index (χ0) is 20.6. The second-order valence-electron chi connectivity index (χ2n) is 8.84. The van der Waals surface area contributed by atoms with Crippen LogP contribution in [0.5, 0.6) is 0 Å². The van der Waals surface area contributed by atoms with Crippen LogP contribution in [0, 0.1) is 17.8 Å². The van der Waals surface area contributed by atoms with Crippen molar-refractivity contribution in [2.24, 2.45) is 17.8 Å². The fourth-order valence-corrected chi connectivity index (χ4v) is 3.97. The van der Waals surface area contributed by atoms with Crippen molar-refractivity contribution in [2.45, 2.75) is 111 Å². The zero-order valence-corrected chi connectivity index (χ0v) is 18.7. The third-order valence-corrected chi connectivity index (χ3v) is 5.78. The first-order valence-electron chi connectivity index (χ1n) is 11.9. The average molecular weight is 397 g/mol. The second kappa shape index (κ2) is 15.8. The number of esters is 2. The number of rotatable bonds is 15. The van der Waals surface area contributed by atoms with Crippen molar-refractivity contribution in [3.63, 3.8) is 0 Å². The van der Waals surface area contributed by atoms with Crippen LogP contribution in [-0.2, 0) is 19.1 Å². The molecule has 2 unspecified atom stereocenters. The Bertz CT molecular complexity index is 419. The Morgan fingerprint density at radius 1 is 0.750 bits per heavy atom. The summed E-state index contributed by atoms with van der Waals surface area (Å²) in [6, 6.07) is 0. The summed E-state index contributed by atoms with van der Waals surface area (Å²) < 4.78 is 11.0. The zero-order valence-electron chi connectivity index (χ0n) is 18.7. The molecule has 0 amide bonds. The van der Waals surface area contributed by atoms with E-state index in [9.17, 15) is 9.59 Å². The van der Waals surface area contributed by atoms with Gasteiger partial charge in [0, 0.05) is 0 Å². The smallest absolute Gasteiger partial charge is 0.309 e. The van der Waals surface area contributed by atoms with Gasteiger partial charge in [-0.15, -0.1) is 0 Å². The van der Waals surface area contributed by atoms with Gasteiger partial charge < -0.3 is 9.47 Å². The third-order valence-electron chi connectivity index (χ3n) is 5.78. The molecule has 0 spiro atoms. The highest BCUT2D eigenvalue weighted by molar-refractivity contribution is 5.82. The highest BCUT2D eigenvalue weighted by Crippen LogP contribution is 2.32. The predicted molar refractivity (Wildman–Crippen MR) is 114 cm³/mol. The van der Waals surface area contributed by atoms with Gasteiger partial charge in [0.1, 0.15) is 0 Å². The first-order valence-corrected chi connectivity index (χ1v) is 11.9. The monoisotopic (exact) mass is 396 g/mol. The Morgan fingerprint density at radius 2 is 1.21 bits per heavy atom. The maximum atomic E-state index is 12.5. The molecule has 0 radical (unpaired) electrons. The van der Waals surface area contributed by atoms with Gasteiger partial charge in [0.2, 0.25) is 0 Å². The molecule has 1 aliphatic rings. The van der Waals surface area contributed by atoms with E-state index < -0.39 is 0 Å². The van der Waals surface area contributed by atoms with Gasteiger partial charge in [-0.05, 0) is 31.6 Å². The summed E-state index contributed by atoms with van der Waals surface area (Å²) in [6.07, 6.45) is 15.0. The first kappa shape index (κ1) is 25.0. The first-order chi connectivity index (χ1) is 13.6. The molecule has 0 heterocycles. The summed E-state index contributed by atoms with van der Waals surface area (Å²) in [5.74, 6) is -0.199. The van der Waals surface area contributed by atoms with Crippen molar-refractivity contribution in [2.75, 3.05) is 13.2 Å². The fourth-order valence-electron chi connectivity index (χ4n) is 3.97. The lowest BCUT2D eigenvalue weighted by molar-refractivity contribution is -0.163. The normalized spacial score (nSPS) is 19.6. The van der Waals surface area contributed by atoms with Gasteiger partial charge >= 0.3 is 11.9 Å². The van der Waals surface area contributed by atoms with Gasteiger partial charge in [0.25, 0.3) is 0 Å². The van der Waals surface area contributed by atoms with E-state index >= 15 is 0 Å². The molecule has 0 aromatic rings. The highest BCUT2D eigenvalue weighted by atomic mass is 16.5. The SMILES string of the molecule is CCCCCCOC(=O)C1CCCCC1C(=O)OCCCCCCCC(C)C. The molecule has 28 heavy (non-hydrogen) atoms. The highest BCUT2D eigenvalue weighted by Gasteiger charge is 2.37. The molecule has 1 rings (SSSR count). The molecule has 0 saturated heterocycles. The molecule has 4 nitrogen and oxygen atoms in total. The Hall–Kier alpha value is -1.06. The van der Waals surface area contributed by atoms with Gasteiger partial charge in [-0.3, -0.25) is 9.59 Å². The number of carbonyl (C=O) groups excluding carboxylic acids is 2. The van der Waals surface area contributed by atoms with Crippen molar-refractivity contribution < 1.29 is 19.1 Å². The minimum absolute atomic E-state index is 0.188. The molecule has 4 heteroatoms. The Kier molecular flexibility index (Phi) is 14.1. The molecule has 1 fully saturated rings. The number of hydrogen-bond acceptors (Lipinski definition) is 4. The van der Waals surface area contributed by atoms with E-state index in [1.165, 1.54) is 38.5 Å². The molecular weight excluding hydrogens is 352 g/mol. The minimum Gasteiger partial charge on any atom is -0.465 e. The standard InChI is InChI=1S/C24H44O4/c1-4-5-6-13-18-27-23(25)21-16-11-12-17-22(21)24(26)28-19-14-9-7-8-10-15-20(2)3/h20-22H,4-19H2,1-3H3. The van der Waals surface area contributed by atoms with Crippen LogP contribution in [0.4, 0.5) is 0 Å². The average Bonchev–Trinajstić information content (AvgIpc) is 2.69. The summed E-state index contributed by atoms with van der Waals surface area (Å²) >= 11 is 0. The van der Waals surface area contributed by atoms with Crippen LogP contribution in [0.15, 0.2) is 0 Å². The lowest BCUT2D eigenvalue weighted by Gasteiger charge is -2.28. The lowest BCUT2D eigenvalue weighted by Crippen LogP contribution is -2.35. The third kappa shape index (κ3) is 11.1. The minimum atomic E-state index is -0.303. The van der Waals surface area contributed by atoms with E-state index in [0.29, 0.717) is 13.2 Å². The number of ether oxygens (including phenoxy) is 2. The molecule has 164 valence electrons. The summed E-state index contributed by atoms with van der Waals surface area (Å²) in [5, 5.41) is 0. The number of unbranched alkanes of at least 4 members (excludes halogenated alkanes) is 7. The van der Waals surface area contributed by atoms with Crippen molar-refractivity contribution in [3.8, 4) is 0 Å². The van der Waals surface area contributed by atoms with Crippen LogP contribution in [0.3, 0.4) is 0 Å². The predicted octanol–water partition coefficient (Wildman–Crippen LogP) is 6.46. The van der Waals surface area contributed by atoms with E-state index in [1.807, 2.05) is 0 Å². The van der Waals surface area contributed by atoms with Crippen LogP contribution in [0.1, 0.15) is 111 Å².